The Balaban J connectivity index is 1.39. The van der Waals surface area contributed by atoms with Gasteiger partial charge in [-0.1, -0.05) is 53.5 Å². The van der Waals surface area contributed by atoms with Crippen LogP contribution in [0.25, 0.3) is 22.0 Å². The molecule has 0 aliphatic carbocycles. The molecule has 5 rings (SSSR count). The van der Waals surface area contributed by atoms with Crippen LogP contribution in [0.4, 0.5) is 10.7 Å². The molecule has 3 heterocycles. The molecule has 230 valence electrons. The number of nitrogens with one attached hydrogen (secondary N) is 1. The second-order valence-electron chi connectivity index (χ2n) is 11.8. The molecule has 9 nitrogen and oxygen atoms in total. The van der Waals surface area contributed by atoms with Gasteiger partial charge < -0.3 is 19.7 Å². The number of aryl methyl sites for hydroxylation is 1. The lowest BCUT2D eigenvalue weighted by atomic mass is 9.98. The monoisotopic (exact) mass is 635 g/mol. The van der Waals surface area contributed by atoms with Crippen LogP contribution in [0.3, 0.4) is 0 Å². The number of ketones is 1. The Bertz CT molecular complexity index is 1670. The number of rotatable bonds is 8. The fraction of sp³-hybridized carbons (Fsp3) is 0.364. The second-order valence-corrected chi connectivity index (χ2v) is 12.9. The van der Waals surface area contributed by atoms with Crippen molar-refractivity contribution in [2.24, 2.45) is 0 Å². The predicted molar refractivity (Wildman–Crippen MR) is 173 cm³/mol. The number of carbonyl (C=O) groups is 2. The first-order valence-electron chi connectivity index (χ1n) is 14.5. The van der Waals surface area contributed by atoms with Gasteiger partial charge in [-0.15, -0.1) is 0 Å². The lowest BCUT2D eigenvalue weighted by Gasteiger charge is -2.34. The number of hydrogen-bond acceptors (Lipinski definition) is 8. The highest BCUT2D eigenvalue weighted by molar-refractivity contribution is 6.53. The number of likely N-dealkylation sites (tertiary alicyclic amines) is 1. The topological polar surface area (TPSA) is 107 Å². The molecule has 0 saturated carbocycles. The van der Waals surface area contributed by atoms with Gasteiger partial charge in [0, 0.05) is 43.3 Å². The number of Topliss-reactive ketones (excluding diaryl/α,β-unsaturated/α-hetero) is 1. The molecule has 4 aromatic rings. The van der Waals surface area contributed by atoms with E-state index < -0.39 is 10.4 Å². The summed E-state index contributed by atoms with van der Waals surface area (Å²) in [5, 5.41) is 5.10. The molecular formula is C33H35Cl2N5O4. The summed E-state index contributed by atoms with van der Waals surface area (Å²) in [7, 11) is 0. The van der Waals surface area contributed by atoms with E-state index in [0.717, 1.165) is 34.7 Å². The van der Waals surface area contributed by atoms with Crippen molar-refractivity contribution in [1.29, 1.82) is 0 Å². The molecule has 1 fully saturated rings. The van der Waals surface area contributed by atoms with E-state index in [4.69, 9.17) is 37.7 Å². The lowest BCUT2D eigenvalue weighted by molar-refractivity contribution is -0.116. The zero-order valence-electron chi connectivity index (χ0n) is 25.1. The maximum absolute atomic E-state index is 12.6. The van der Waals surface area contributed by atoms with E-state index in [1.807, 2.05) is 70.2 Å². The fourth-order valence-corrected chi connectivity index (χ4v) is 5.32. The van der Waals surface area contributed by atoms with Crippen LogP contribution in [-0.2, 0) is 16.0 Å². The molecule has 44 heavy (non-hydrogen) atoms. The van der Waals surface area contributed by atoms with E-state index in [0.29, 0.717) is 41.9 Å². The van der Waals surface area contributed by atoms with Crippen LogP contribution < -0.4 is 10.1 Å². The van der Waals surface area contributed by atoms with Gasteiger partial charge in [-0.05, 0) is 75.2 Å². The number of nitrogens with zero attached hydrogens (tertiary/aromatic N) is 4. The van der Waals surface area contributed by atoms with Gasteiger partial charge in [0.25, 0.3) is 0 Å². The van der Waals surface area contributed by atoms with E-state index in [9.17, 15) is 9.59 Å². The standard InChI is InChI=1S/C33H35Cl2N5O4/c1-20-12-13-23-21(18-27(41)29(34)35)8-5-10-24(23)28(20)43-30-25(11-6-15-36-30)26-14-16-37-31(39-26)38-22-9-7-17-40(19-22)32(42)44-33(2,3)4/h5-6,8,10-16,22,29H,7,9,17-19H2,1-4H3,(H,37,38,39)/t22-/m0/s1. The molecule has 1 aliphatic rings. The molecular weight excluding hydrogens is 601 g/mol. The third-order valence-electron chi connectivity index (χ3n) is 7.22. The molecule has 0 radical (unpaired) electrons. The van der Waals surface area contributed by atoms with E-state index in [1.165, 1.54) is 0 Å². The van der Waals surface area contributed by atoms with Gasteiger partial charge in [0.05, 0.1) is 11.3 Å². The average molecular weight is 637 g/mol. The Hall–Kier alpha value is -3.95. The summed E-state index contributed by atoms with van der Waals surface area (Å²) in [6, 6.07) is 15.1. The number of halogens is 2. The van der Waals surface area contributed by atoms with Crippen LogP contribution in [0.15, 0.2) is 60.9 Å². The smallest absolute Gasteiger partial charge is 0.410 e. The minimum atomic E-state index is -1.09. The quantitative estimate of drug-likeness (QED) is 0.198. The Labute approximate surface area is 266 Å². The van der Waals surface area contributed by atoms with Crippen LogP contribution in [-0.4, -0.2) is 61.3 Å². The summed E-state index contributed by atoms with van der Waals surface area (Å²) < 4.78 is 12.1. The molecule has 1 saturated heterocycles. The first-order chi connectivity index (χ1) is 21.0. The predicted octanol–water partition coefficient (Wildman–Crippen LogP) is 7.52. The summed E-state index contributed by atoms with van der Waals surface area (Å²) in [4.78, 5) is 39.3. The summed E-state index contributed by atoms with van der Waals surface area (Å²) in [5.74, 6) is 1.18. The van der Waals surface area contributed by atoms with Crippen molar-refractivity contribution in [3.8, 4) is 22.9 Å². The number of alkyl halides is 2. The number of hydrogen-bond donors (Lipinski definition) is 1. The van der Waals surface area contributed by atoms with E-state index >= 15 is 0 Å². The van der Waals surface area contributed by atoms with Gasteiger partial charge in [-0.3, -0.25) is 4.79 Å². The largest absolute Gasteiger partial charge is 0.444 e. The van der Waals surface area contributed by atoms with Crippen molar-refractivity contribution in [2.45, 2.75) is 63.4 Å². The van der Waals surface area contributed by atoms with Crippen LogP contribution in [0, 0.1) is 6.92 Å². The van der Waals surface area contributed by atoms with Gasteiger partial charge >= 0.3 is 6.09 Å². The first kappa shape index (κ1) is 31.5. The van der Waals surface area contributed by atoms with Gasteiger partial charge in [-0.25, -0.2) is 19.7 Å². The summed E-state index contributed by atoms with van der Waals surface area (Å²) in [6.45, 7) is 8.69. The zero-order valence-corrected chi connectivity index (χ0v) is 26.7. The number of piperidine rings is 1. The average Bonchev–Trinajstić information content (AvgIpc) is 2.98. The normalized spacial score (nSPS) is 15.3. The van der Waals surface area contributed by atoms with Crippen LogP contribution in [0.1, 0.15) is 44.7 Å². The fourth-order valence-electron chi connectivity index (χ4n) is 5.17. The molecule has 1 aliphatic heterocycles. The van der Waals surface area contributed by atoms with Crippen molar-refractivity contribution in [3.63, 3.8) is 0 Å². The van der Waals surface area contributed by atoms with E-state index in [1.54, 1.807) is 23.4 Å². The third-order valence-corrected chi connectivity index (χ3v) is 7.70. The number of ether oxygens (including phenoxy) is 2. The van der Waals surface area contributed by atoms with Gasteiger partial charge in [0.2, 0.25) is 11.8 Å². The highest BCUT2D eigenvalue weighted by atomic mass is 35.5. The Morgan fingerprint density at radius 2 is 1.86 bits per heavy atom. The van der Waals surface area contributed by atoms with Gasteiger partial charge in [0.1, 0.15) is 11.4 Å². The SMILES string of the molecule is Cc1ccc2c(CC(=O)C(Cl)Cl)cccc2c1Oc1ncccc1-c1ccnc(N[C@H]2CCCN(C(=O)OC(C)(C)C)C2)n1. The number of anilines is 1. The number of amides is 1. The third kappa shape index (κ3) is 7.57. The zero-order chi connectivity index (χ0) is 31.4. The highest BCUT2D eigenvalue weighted by Crippen LogP contribution is 2.37. The molecule has 0 unspecified atom stereocenters. The van der Waals surface area contributed by atoms with E-state index in [-0.39, 0.29) is 24.3 Å². The molecule has 1 atom stereocenters. The molecule has 1 N–H and O–H groups in total. The number of pyridine rings is 1. The van der Waals surface area contributed by atoms with Crippen molar-refractivity contribution < 1.29 is 19.1 Å². The van der Waals surface area contributed by atoms with Crippen molar-refractivity contribution in [3.05, 3.63) is 72.1 Å². The van der Waals surface area contributed by atoms with Crippen LogP contribution >= 0.6 is 23.2 Å². The maximum atomic E-state index is 12.6. The summed E-state index contributed by atoms with van der Waals surface area (Å²) >= 11 is 11.6. The Kier molecular flexibility index (Phi) is 9.56. The number of benzene rings is 2. The van der Waals surface area contributed by atoms with E-state index in [2.05, 4.69) is 15.3 Å². The first-order valence-corrected chi connectivity index (χ1v) is 15.4. The lowest BCUT2D eigenvalue weighted by Crippen LogP contribution is -2.47. The summed E-state index contributed by atoms with van der Waals surface area (Å²) in [5.41, 5.74) is 2.48. The molecule has 0 bridgehead atoms. The molecule has 0 spiro atoms. The Morgan fingerprint density at radius 3 is 2.64 bits per heavy atom. The number of fused-ring (bicyclic) bond motifs is 1. The van der Waals surface area contributed by atoms with Crippen LogP contribution in [0.2, 0.25) is 0 Å². The number of aromatic nitrogens is 3. The molecule has 2 aromatic carbocycles. The molecule has 2 aromatic heterocycles. The van der Waals surface area contributed by atoms with Crippen molar-refractivity contribution >= 4 is 51.8 Å². The minimum absolute atomic E-state index is 0.0246. The minimum Gasteiger partial charge on any atom is -0.444 e. The van der Waals surface area contributed by atoms with Crippen molar-refractivity contribution in [2.75, 3.05) is 18.4 Å². The Morgan fingerprint density at radius 1 is 1.05 bits per heavy atom. The van der Waals surface area contributed by atoms with Crippen LogP contribution in [0.5, 0.6) is 11.6 Å². The molecule has 1 amide bonds. The second kappa shape index (κ2) is 13.4. The highest BCUT2D eigenvalue weighted by Gasteiger charge is 2.28. The van der Waals surface area contributed by atoms with Gasteiger partial charge in [0.15, 0.2) is 10.6 Å². The number of carbonyl (C=O) groups excluding carboxylic acids is 2. The van der Waals surface area contributed by atoms with Gasteiger partial charge in [-0.2, -0.15) is 0 Å². The molecule has 11 heteroatoms. The van der Waals surface area contributed by atoms with Crippen molar-refractivity contribution in [1.82, 2.24) is 19.9 Å². The maximum Gasteiger partial charge on any atom is 0.410 e. The summed E-state index contributed by atoms with van der Waals surface area (Å²) in [6.07, 6.45) is 4.86.